The molecule has 0 unspecified atom stereocenters. The van der Waals surface area contributed by atoms with Crippen LogP contribution >= 0.6 is 0 Å². The van der Waals surface area contributed by atoms with E-state index in [0.29, 0.717) is 29.9 Å². The highest BCUT2D eigenvalue weighted by Crippen LogP contribution is 2.64. The first-order valence-corrected chi connectivity index (χ1v) is 11.6. The lowest BCUT2D eigenvalue weighted by Gasteiger charge is -2.52. The van der Waals surface area contributed by atoms with Crippen LogP contribution in [0.4, 0.5) is 0 Å². The van der Waals surface area contributed by atoms with Gasteiger partial charge in [0.1, 0.15) is 11.4 Å². The van der Waals surface area contributed by atoms with Crippen molar-refractivity contribution in [1.82, 2.24) is 0 Å². The molecule has 1 aromatic rings. The highest BCUT2D eigenvalue weighted by Gasteiger charge is 2.61. The van der Waals surface area contributed by atoms with E-state index >= 15 is 0 Å². The molecule has 150 valence electrons. The third-order valence-corrected chi connectivity index (χ3v) is 8.63. The van der Waals surface area contributed by atoms with Gasteiger partial charge in [0.2, 0.25) is 0 Å². The first kappa shape index (κ1) is 19.5. The highest BCUT2D eigenvalue weighted by molar-refractivity contribution is 7.90. The number of aryl methyl sites for hydroxylation is 1. The van der Waals surface area contributed by atoms with Gasteiger partial charge in [0.25, 0.3) is 0 Å². The fourth-order valence-electron chi connectivity index (χ4n) is 6.19. The van der Waals surface area contributed by atoms with Crippen molar-refractivity contribution in [3.8, 4) is 18.1 Å². The van der Waals surface area contributed by atoms with Gasteiger partial charge in [-0.2, -0.15) is 8.42 Å². The molecule has 5 atom stereocenters. The van der Waals surface area contributed by atoms with Gasteiger partial charge < -0.3 is 9.29 Å². The molecule has 3 aliphatic carbocycles. The van der Waals surface area contributed by atoms with Crippen LogP contribution in [0.25, 0.3) is 0 Å². The number of hydrogen-bond acceptors (Lipinski definition) is 4. The van der Waals surface area contributed by atoms with Gasteiger partial charge in [-0.3, -0.25) is 0 Å². The molecule has 5 heteroatoms. The van der Waals surface area contributed by atoms with E-state index in [2.05, 4.69) is 12.8 Å². The molecule has 0 amide bonds. The summed E-state index contributed by atoms with van der Waals surface area (Å²) in [4.78, 5) is 0. The van der Waals surface area contributed by atoms with Crippen LogP contribution in [0, 0.1) is 29.6 Å². The lowest BCUT2D eigenvalue weighted by molar-refractivity contribution is -0.0646. The van der Waals surface area contributed by atoms with E-state index in [9.17, 15) is 13.5 Å². The predicted octanol–water partition coefficient (Wildman–Crippen LogP) is 4.15. The molecule has 0 aliphatic heterocycles. The standard InChI is InChI=1S/C23H28O4S/c1-4-14-28(25,26)27-17-7-9-18-16(15-17)6-8-20-19(18)10-12-22(3)21(20)11-13-23(22,24)5-2/h2,4,7,9,14-15,19-21,24H,6,8,10-13H2,1,3H3/t19-,20-,21+,22+,23+/m1/s1. The summed E-state index contributed by atoms with van der Waals surface area (Å²) in [5.74, 6) is 4.49. The Labute approximate surface area is 168 Å². The molecule has 4 nitrogen and oxygen atoms in total. The zero-order valence-electron chi connectivity index (χ0n) is 16.5. The van der Waals surface area contributed by atoms with Crippen LogP contribution < -0.4 is 4.18 Å². The van der Waals surface area contributed by atoms with Gasteiger partial charge in [0.15, 0.2) is 0 Å². The molecule has 0 spiro atoms. The maximum absolute atomic E-state index is 11.9. The van der Waals surface area contributed by atoms with E-state index in [4.69, 9.17) is 10.6 Å². The van der Waals surface area contributed by atoms with Crippen LogP contribution in [-0.2, 0) is 16.5 Å². The van der Waals surface area contributed by atoms with Crippen molar-refractivity contribution in [1.29, 1.82) is 0 Å². The minimum Gasteiger partial charge on any atom is -0.379 e. The van der Waals surface area contributed by atoms with Gasteiger partial charge >= 0.3 is 10.1 Å². The smallest absolute Gasteiger partial charge is 0.331 e. The van der Waals surface area contributed by atoms with Crippen molar-refractivity contribution >= 4 is 10.1 Å². The molecule has 2 saturated carbocycles. The Morgan fingerprint density at radius 1 is 1.29 bits per heavy atom. The normalized spacial score (nSPS) is 37.0. The first-order chi connectivity index (χ1) is 13.2. The molecular weight excluding hydrogens is 372 g/mol. The quantitative estimate of drug-likeness (QED) is 0.612. The minimum absolute atomic E-state index is 0.204. The average Bonchev–Trinajstić information content (AvgIpc) is 2.92. The number of terminal acetylenes is 1. The zero-order chi connectivity index (χ0) is 20.2. The summed E-state index contributed by atoms with van der Waals surface area (Å²) in [7, 11) is -3.70. The third-order valence-electron chi connectivity index (χ3n) is 7.60. The van der Waals surface area contributed by atoms with Crippen molar-refractivity contribution in [2.75, 3.05) is 0 Å². The van der Waals surface area contributed by atoms with Crippen molar-refractivity contribution in [2.24, 2.45) is 17.3 Å². The van der Waals surface area contributed by atoms with Crippen LogP contribution in [-0.4, -0.2) is 19.1 Å². The second-order valence-corrected chi connectivity index (χ2v) is 10.2. The lowest BCUT2D eigenvalue weighted by atomic mass is 9.53. The van der Waals surface area contributed by atoms with Crippen LogP contribution in [0.2, 0.25) is 0 Å². The number of fused-ring (bicyclic) bond motifs is 5. The Bertz CT molecular complexity index is 957. The number of allylic oxidation sites excluding steroid dienone is 1. The third kappa shape index (κ3) is 2.89. The molecule has 0 aromatic heterocycles. The van der Waals surface area contributed by atoms with E-state index in [-0.39, 0.29) is 5.41 Å². The second-order valence-electron chi connectivity index (χ2n) is 8.82. The van der Waals surface area contributed by atoms with E-state index in [0.717, 1.165) is 37.5 Å². The number of hydrogen-bond donors (Lipinski definition) is 1. The fraction of sp³-hybridized carbons (Fsp3) is 0.565. The van der Waals surface area contributed by atoms with E-state index < -0.39 is 15.7 Å². The van der Waals surface area contributed by atoms with E-state index in [1.54, 1.807) is 13.0 Å². The average molecular weight is 401 g/mol. The molecule has 4 rings (SSSR count). The Morgan fingerprint density at radius 3 is 2.79 bits per heavy atom. The van der Waals surface area contributed by atoms with Gasteiger partial charge in [-0.25, -0.2) is 0 Å². The van der Waals surface area contributed by atoms with Crippen LogP contribution in [0.1, 0.15) is 63.0 Å². The molecular formula is C23H28O4S. The number of rotatable bonds is 3. The van der Waals surface area contributed by atoms with Crippen molar-refractivity contribution in [2.45, 2.75) is 63.9 Å². The topological polar surface area (TPSA) is 63.6 Å². The minimum atomic E-state index is -3.70. The summed E-state index contributed by atoms with van der Waals surface area (Å²) in [5, 5.41) is 12.1. The molecule has 1 N–H and O–H groups in total. The lowest BCUT2D eigenvalue weighted by Crippen LogP contribution is -2.50. The Kier molecular flexibility index (Phi) is 4.63. The van der Waals surface area contributed by atoms with Gasteiger partial charge in [0, 0.05) is 5.41 Å². The van der Waals surface area contributed by atoms with Gasteiger partial charge in [-0.1, -0.05) is 25.0 Å². The SMILES string of the molecule is C#C[C@]1(O)CC[C@H]2[C@@H]3CCc4cc(OS(=O)(=O)C=CC)ccc4[C@H]3CC[C@@]21C. The largest absolute Gasteiger partial charge is 0.379 e. The Balaban J connectivity index is 1.61. The monoisotopic (exact) mass is 400 g/mol. The summed E-state index contributed by atoms with van der Waals surface area (Å²) < 4.78 is 29.0. The van der Waals surface area contributed by atoms with E-state index in [1.165, 1.54) is 17.2 Å². The second kappa shape index (κ2) is 6.64. The van der Waals surface area contributed by atoms with Gasteiger partial charge in [-0.15, -0.1) is 6.42 Å². The fourth-order valence-corrected chi connectivity index (χ4v) is 6.95. The van der Waals surface area contributed by atoms with Crippen molar-refractivity contribution in [3.63, 3.8) is 0 Å². The molecule has 0 saturated heterocycles. The number of benzene rings is 1. The summed E-state index contributed by atoms with van der Waals surface area (Å²) in [6, 6.07) is 5.69. The zero-order valence-corrected chi connectivity index (χ0v) is 17.3. The maximum atomic E-state index is 11.9. The molecule has 1 aromatic carbocycles. The number of aliphatic hydroxyl groups is 1. The van der Waals surface area contributed by atoms with E-state index in [1.807, 2.05) is 12.1 Å². The maximum Gasteiger partial charge on any atom is 0.331 e. The van der Waals surface area contributed by atoms with Crippen molar-refractivity contribution < 1.29 is 17.7 Å². The summed E-state index contributed by atoms with van der Waals surface area (Å²) >= 11 is 0. The molecule has 0 heterocycles. The van der Waals surface area contributed by atoms with Crippen LogP contribution in [0.5, 0.6) is 5.75 Å². The summed E-state index contributed by atoms with van der Waals surface area (Å²) in [6.45, 7) is 3.83. The Hall–Kier alpha value is -1.77. The molecule has 0 bridgehead atoms. The van der Waals surface area contributed by atoms with Gasteiger partial charge in [-0.05, 0) is 86.5 Å². The first-order valence-electron chi connectivity index (χ1n) is 10.1. The van der Waals surface area contributed by atoms with Crippen LogP contribution in [0.3, 0.4) is 0 Å². The Morgan fingerprint density at radius 2 is 2.07 bits per heavy atom. The highest BCUT2D eigenvalue weighted by atomic mass is 32.2. The summed E-state index contributed by atoms with van der Waals surface area (Å²) in [5.41, 5.74) is 1.31. The summed E-state index contributed by atoms with van der Waals surface area (Å²) in [6.07, 6.45) is 12.7. The molecule has 0 radical (unpaired) electrons. The van der Waals surface area contributed by atoms with Crippen molar-refractivity contribution in [3.05, 3.63) is 40.8 Å². The molecule has 3 aliphatic rings. The van der Waals surface area contributed by atoms with Crippen LogP contribution in [0.15, 0.2) is 29.7 Å². The molecule has 28 heavy (non-hydrogen) atoms. The van der Waals surface area contributed by atoms with Gasteiger partial charge in [0.05, 0.1) is 5.41 Å². The molecule has 2 fully saturated rings. The predicted molar refractivity (Wildman–Crippen MR) is 109 cm³/mol.